The first-order chi connectivity index (χ1) is 19.4. The number of fused-ring (bicyclic) bond motifs is 1. The van der Waals surface area contributed by atoms with E-state index in [1.54, 1.807) is 19.2 Å². The van der Waals surface area contributed by atoms with Crippen LogP contribution in [0.2, 0.25) is 0 Å². The van der Waals surface area contributed by atoms with Crippen LogP contribution in [0.5, 0.6) is 0 Å². The van der Waals surface area contributed by atoms with Gasteiger partial charge in [0.25, 0.3) is 5.91 Å². The highest BCUT2D eigenvalue weighted by molar-refractivity contribution is 6.20. The molecule has 3 aromatic carbocycles. The number of anilines is 1. The minimum Gasteiger partial charge on any atom is -0.392 e. The number of para-hydroxylation sites is 1. The van der Waals surface area contributed by atoms with Crippen molar-refractivity contribution in [3.63, 3.8) is 0 Å². The van der Waals surface area contributed by atoms with Crippen molar-refractivity contribution in [1.82, 2.24) is 5.32 Å². The molecule has 1 aliphatic heterocycles. The topological polar surface area (TPSA) is 82.0 Å². The molecule has 0 bridgehead atoms. The van der Waals surface area contributed by atoms with E-state index < -0.39 is 18.2 Å². The van der Waals surface area contributed by atoms with Crippen molar-refractivity contribution in [3.05, 3.63) is 101 Å². The summed E-state index contributed by atoms with van der Waals surface area (Å²) >= 11 is 0. The van der Waals surface area contributed by atoms with Crippen LogP contribution in [-0.2, 0) is 16.0 Å². The van der Waals surface area contributed by atoms with Crippen LogP contribution in [0.4, 0.5) is 10.1 Å². The summed E-state index contributed by atoms with van der Waals surface area (Å²) in [6, 6.07) is 23.2. The first-order valence-corrected chi connectivity index (χ1v) is 14.1. The minimum atomic E-state index is -1.18. The van der Waals surface area contributed by atoms with Crippen molar-refractivity contribution < 1.29 is 19.1 Å². The second-order valence-electron chi connectivity index (χ2n) is 10.9. The van der Waals surface area contributed by atoms with E-state index >= 15 is 0 Å². The Morgan fingerprint density at radius 1 is 1.02 bits per heavy atom. The van der Waals surface area contributed by atoms with Crippen molar-refractivity contribution in [3.8, 4) is 0 Å². The van der Waals surface area contributed by atoms with Crippen molar-refractivity contribution in [2.45, 2.75) is 57.2 Å². The lowest BCUT2D eigenvalue weighted by Crippen LogP contribution is -2.49. The number of hydrogen-bond donors (Lipinski definition) is 2. The van der Waals surface area contributed by atoms with Crippen LogP contribution in [0.25, 0.3) is 0 Å². The van der Waals surface area contributed by atoms with E-state index in [0.717, 1.165) is 31.2 Å². The third kappa shape index (κ3) is 6.31. The van der Waals surface area contributed by atoms with E-state index in [4.69, 9.17) is 4.99 Å². The van der Waals surface area contributed by atoms with Gasteiger partial charge in [-0.1, -0.05) is 74.2 Å². The third-order valence-electron chi connectivity index (χ3n) is 8.17. The van der Waals surface area contributed by atoms with Gasteiger partial charge in [-0.3, -0.25) is 9.59 Å². The van der Waals surface area contributed by atoms with Gasteiger partial charge in [0, 0.05) is 18.2 Å². The zero-order valence-corrected chi connectivity index (χ0v) is 22.8. The van der Waals surface area contributed by atoms with Crippen LogP contribution in [0.1, 0.15) is 55.2 Å². The molecule has 0 saturated heterocycles. The van der Waals surface area contributed by atoms with Crippen LogP contribution in [0.3, 0.4) is 0 Å². The van der Waals surface area contributed by atoms with E-state index in [0.29, 0.717) is 47.7 Å². The molecule has 1 aliphatic carbocycles. The van der Waals surface area contributed by atoms with Gasteiger partial charge in [-0.25, -0.2) is 9.38 Å². The maximum atomic E-state index is 13.8. The summed E-state index contributed by atoms with van der Waals surface area (Å²) in [5, 5.41) is 14.2. The highest BCUT2D eigenvalue weighted by atomic mass is 19.1. The molecule has 2 N–H and O–H groups in total. The lowest BCUT2D eigenvalue weighted by molar-refractivity contribution is -0.133. The molecule has 208 valence electrons. The number of carbonyl (C=O) groups is 2. The third-order valence-corrected chi connectivity index (χ3v) is 8.17. The largest absolute Gasteiger partial charge is 0.392 e. The summed E-state index contributed by atoms with van der Waals surface area (Å²) < 4.78 is 13.7. The lowest BCUT2D eigenvalue weighted by Gasteiger charge is -2.27. The van der Waals surface area contributed by atoms with Crippen LogP contribution in [0.15, 0.2) is 83.9 Å². The number of aliphatic imine (C=N–C) groups is 1. The number of aryl methyl sites for hydroxylation is 1. The number of nitrogens with zero attached hydrogens (tertiary/aromatic N) is 2. The second kappa shape index (κ2) is 12.6. The Morgan fingerprint density at radius 3 is 2.42 bits per heavy atom. The molecule has 1 fully saturated rings. The Bertz CT molecular complexity index is 1350. The molecule has 40 heavy (non-hydrogen) atoms. The Balaban J connectivity index is 1.42. The Morgan fingerprint density at radius 2 is 1.70 bits per heavy atom. The average Bonchev–Trinajstić information content (AvgIpc) is 3.47. The van der Waals surface area contributed by atoms with Crippen molar-refractivity contribution in [2.24, 2.45) is 16.8 Å². The predicted octanol–water partition coefficient (Wildman–Crippen LogP) is 5.27. The van der Waals surface area contributed by atoms with E-state index in [2.05, 4.69) is 5.32 Å². The van der Waals surface area contributed by atoms with Crippen molar-refractivity contribution in [1.29, 1.82) is 0 Å². The number of halogens is 1. The Kier molecular flexibility index (Phi) is 8.70. The van der Waals surface area contributed by atoms with E-state index in [1.807, 2.05) is 54.6 Å². The summed E-state index contributed by atoms with van der Waals surface area (Å²) in [4.78, 5) is 33.7. The summed E-state index contributed by atoms with van der Waals surface area (Å²) in [5.41, 5.74) is 3.61. The number of benzene rings is 3. The zero-order valence-electron chi connectivity index (χ0n) is 22.8. The van der Waals surface area contributed by atoms with E-state index in [1.165, 1.54) is 17.0 Å². The van der Waals surface area contributed by atoms with Crippen LogP contribution >= 0.6 is 0 Å². The first kappa shape index (κ1) is 27.7. The van der Waals surface area contributed by atoms with Gasteiger partial charge >= 0.3 is 0 Å². The molecular formula is C33H36FN3O3. The first-order valence-electron chi connectivity index (χ1n) is 14.1. The molecule has 0 aromatic heterocycles. The maximum Gasteiger partial charge on any atom is 0.272 e. The standard InChI is InChI=1S/C33H36FN3O3/c1-37-28-14-8-7-13-26(28)30(24-16-18-25(34)19-17-24)35-31(33(37)40)36-32(39)27(21-23-11-5-6-12-23)29(38)20-15-22-9-3-2-4-10-22/h2-4,7-10,13-14,16-19,23,27,29,31,38H,5-6,11-12,15,20-21H2,1H3,(H,36,39)/t27?,29-,31?/m0/s1. The van der Waals surface area contributed by atoms with Crippen LogP contribution < -0.4 is 10.2 Å². The molecule has 2 unspecified atom stereocenters. The summed E-state index contributed by atoms with van der Waals surface area (Å²) in [6.07, 6.45) is 4.00. The number of aliphatic hydroxyl groups is 1. The number of rotatable bonds is 9. The van der Waals surface area contributed by atoms with Gasteiger partial charge in [0.15, 0.2) is 0 Å². The average molecular weight is 542 g/mol. The summed E-state index contributed by atoms with van der Waals surface area (Å²) in [5.74, 6) is -1.40. The summed E-state index contributed by atoms with van der Waals surface area (Å²) in [6.45, 7) is 0. The smallest absolute Gasteiger partial charge is 0.272 e. The number of likely N-dealkylation sites (N-methyl/N-ethyl adjacent to an activating group) is 1. The molecule has 5 rings (SSSR count). The quantitative estimate of drug-likeness (QED) is 0.387. The van der Waals surface area contributed by atoms with Crippen molar-refractivity contribution in [2.75, 3.05) is 11.9 Å². The SMILES string of the molecule is CN1C(=O)C(NC(=O)C(CC2CCCC2)[C@@H](O)CCc2ccccc2)N=C(c2ccc(F)cc2)c2ccccc21. The van der Waals surface area contributed by atoms with E-state index in [9.17, 15) is 19.1 Å². The van der Waals surface area contributed by atoms with Crippen LogP contribution in [-0.4, -0.2) is 41.9 Å². The van der Waals surface area contributed by atoms with Gasteiger partial charge in [0.1, 0.15) is 5.82 Å². The molecule has 2 amide bonds. The Hall–Kier alpha value is -3.84. The summed E-state index contributed by atoms with van der Waals surface area (Å²) in [7, 11) is 1.66. The van der Waals surface area contributed by atoms with Crippen LogP contribution in [0, 0.1) is 17.7 Å². The molecule has 7 heteroatoms. The number of amides is 2. The van der Waals surface area contributed by atoms with Gasteiger partial charge in [-0.15, -0.1) is 0 Å². The number of benzodiazepines with no additional fused rings is 1. The van der Waals surface area contributed by atoms with Crippen molar-refractivity contribution >= 4 is 23.2 Å². The molecule has 1 heterocycles. The number of hydrogen-bond acceptors (Lipinski definition) is 4. The maximum absolute atomic E-state index is 13.8. The van der Waals surface area contributed by atoms with E-state index in [-0.39, 0.29) is 17.6 Å². The monoisotopic (exact) mass is 541 g/mol. The highest BCUT2D eigenvalue weighted by Crippen LogP contribution is 2.33. The van der Waals surface area contributed by atoms with Gasteiger partial charge in [-0.2, -0.15) is 0 Å². The Labute approximate surface area is 234 Å². The van der Waals surface area contributed by atoms with Gasteiger partial charge in [0.2, 0.25) is 12.1 Å². The molecule has 1 saturated carbocycles. The number of aliphatic hydroxyl groups excluding tert-OH is 1. The fourth-order valence-corrected chi connectivity index (χ4v) is 5.90. The number of carbonyl (C=O) groups excluding carboxylic acids is 2. The van der Waals surface area contributed by atoms with Gasteiger partial charge in [0.05, 0.1) is 23.4 Å². The molecule has 3 aromatic rings. The molecule has 0 spiro atoms. The molecular weight excluding hydrogens is 505 g/mol. The van der Waals surface area contributed by atoms with Gasteiger partial charge in [-0.05, 0) is 61.1 Å². The predicted molar refractivity (Wildman–Crippen MR) is 155 cm³/mol. The fraction of sp³-hybridized carbons (Fsp3) is 0.364. The molecule has 0 radical (unpaired) electrons. The fourth-order valence-electron chi connectivity index (χ4n) is 5.90. The highest BCUT2D eigenvalue weighted by Gasteiger charge is 2.36. The minimum absolute atomic E-state index is 0.368. The lowest BCUT2D eigenvalue weighted by atomic mass is 9.86. The normalized spacial score (nSPS) is 19.0. The number of nitrogens with one attached hydrogen (secondary N) is 1. The van der Waals surface area contributed by atoms with Gasteiger partial charge < -0.3 is 15.3 Å². The second-order valence-corrected chi connectivity index (χ2v) is 10.9. The molecule has 3 atom stereocenters. The molecule has 2 aliphatic rings. The molecule has 6 nitrogen and oxygen atoms in total. The zero-order chi connectivity index (χ0) is 28.1.